The second-order valence-corrected chi connectivity index (χ2v) is 5.05. The first-order valence-corrected chi connectivity index (χ1v) is 7.54. The summed E-state index contributed by atoms with van der Waals surface area (Å²) >= 11 is 0. The molecule has 0 amide bonds. The van der Waals surface area contributed by atoms with Crippen LogP contribution in [0.15, 0.2) is 24.5 Å². The Hall–Kier alpha value is -2.21. The monoisotopic (exact) mass is 300 g/mol. The second kappa shape index (κ2) is 6.70. The van der Waals surface area contributed by atoms with Gasteiger partial charge in [0.25, 0.3) is 5.88 Å². The Morgan fingerprint density at radius 3 is 2.82 bits per heavy atom. The van der Waals surface area contributed by atoms with Gasteiger partial charge in [0.1, 0.15) is 0 Å². The van der Waals surface area contributed by atoms with Crippen LogP contribution in [0.2, 0.25) is 0 Å². The SMILES string of the molecule is CCOc1ncc(-c2cccnc2C)nc1N1CCOCC1. The summed E-state index contributed by atoms with van der Waals surface area (Å²) in [5.74, 6) is 1.36. The molecular weight excluding hydrogens is 280 g/mol. The van der Waals surface area contributed by atoms with Crippen LogP contribution in [-0.4, -0.2) is 47.9 Å². The van der Waals surface area contributed by atoms with Crippen molar-refractivity contribution in [3.63, 3.8) is 0 Å². The van der Waals surface area contributed by atoms with Crippen LogP contribution in [0.1, 0.15) is 12.6 Å². The zero-order valence-corrected chi connectivity index (χ0v) is 13.0. The maximum Gasteiger partial charge on any atom is 0.257 e. The number of aromatic nitrogens is 3. The van der Waals surface area contributed by atoms with E-state index >= 15 is 0 Å². The first kappa shape index (κ1) is 14.7. The van der Waals surface area contributed by atoms with Crippen molar-refractivity contribution in [3.05, 3.63) is 30.2 Å². The Labute approximate surface area is 130 Å². The molecule has 1 fully saturated rings. The normalized spacial score (nSPS) is 14.9. The molecule has 0 unspecified atom stereocenters. The molecule has 116 valence electrons. The van der Waals surface area contributed by atoms with E-state index in [1.807, 2.05) is 26.0 Å². The predicted molar refractivity (Wildman–Crippen MR) is 84.2 cm³/mol. The van der Waals surface area contributed by atoms with Crippen molar-refractivity contribution in [2.24, 2.45) is 0 Å². The average molecular weight is 300 g/mol. The number of aryl methyl sites for hydroxylation is 1. The fraction of sp³-hybridized carbons (Fsp3) is 0.438. The third-order valence-electron chi connectivity index (χ3n) is 3.60. The number of nitrogens with zero attached hydrogens (tertiary/aromatic N) is 4. The maximum atomic E-state index is 5.64. The first-order valence-electron chi connectivity index (χ1n) is 7.54. The van der Waals surface area contributed by atoms with Gasteiger partial charge in [0.05, 0.1) is 31.7 Å². The molecule has 1 saturated heterocycles. The van der Waals surface area contributed by atoms with E-state index in [2.05, 4.69) is 14.9 Å². The number of ether oxygens (including phenoxy) is 2. The lowest BCUT2D eigenvalue weighted by molar-refractivity contribution is 0.122. The molecule has 0 aliphatic carbocycles. The lowest BCUT2D eigenvalue weighted by Crippen LogP contribution is -2.37. The van der Waals surface area contributed by atoms with Gasteiger partial charge < -0.3 is 14.4 Å². The van der Waals surface area contributed by atoms with Gasteiger partial charge in [-0.2, -0.15) is 0 Å². The van der Waals surface area contributed by atoms with Gasteiger partial charge in [0, 0.05) is 30.5 Å². The minimum absolute atomic E-state index is 0.567. The van der Waals surface area contributed by atoms with Gasteiger partial charge in [-0.1, -0.05) is 0 Å². The third kappa shape index (κ3) is 3.01. The van der Waals surface area contributed by atoms with Crippen LogP contribution in [-0.2, 0) is 4.74 Å². The largest absolute Gasteiger partial charge is 0.475 e. The summed E-state index contributed by atoms with van der Waals surface area (Å²) in [5, 5.41) is 0. The number of pyridine rings is 1. The molecule has 0 bridgehead atoms. The molecule has 2 aromatic rings. The third-order valence-corrected chi connectivity index (χ3v) is 3.60. The van der Waals surface area contributed by atoms with Crippen LogP contribution >= 0.6 is 0 Å². The fourth-order valence-corrected chi connectivity index (χ4v) is 2.47. The Balaban J connectivity index is 2.01. The smallest absolute Gasteiger partial charge is 0.257 e. The molecule has 1 aliphatic heterocycles. The lowest BCUT2D eigenvalue weighted by atomic mass is 10.1. The predicted octanol–water partition coefficient (Wildman–Crippen LogP) is 2.08. The molecule has 1 aliphatic rings. The number of anilines is 1. The van der Waals surface area contributed by atoms with Gasteiger partial charge in [-0.15, -0.1) is 0 Å². The molecule has 22 heavy (non-hydrogen) atoms. The minimum Gasteiger partial charge on any atom is -0.475 e. The molecule has 3 rings (SSSR count). The van der Waals surface area contributed by atoms with E-state index < -0.39 is 0 Å². The highest BCUT2D eigenvalue weighted by Gasteiger charge is 2.20. The molecule has 6 nitrogen and oxygen atoms in total. The summed E-state index contributed by atoms with van der Waals surface area (Å²) < 4.78 is 11.1. The van der Waals surface area contributed by atoms with Crippen molar-refractivity contribution in [2.45, 2.75) is 13.8 Å². The standard InChI is InChI=1S/C16H20N4O2/c1-3-22-16-15(20-7-9-21-10-8-20)19-14(11-18-16)13-5-4-6-17-12(13)2/h4-6,11H,3,7-10H2,1-2H3. The molecule has 0 saturated carbocycles. The molecular formula is C16H20N4O2. The van der Waals surface area contributed by atoms with Crippen LogP contribution in [0.3, 0.4) is 0 Å². The van der Waals surface area contributed by atoms with Gasteiger partial charge in [-0.3, -0.25) is 4.98 Å². The van der Waals surface area contributed by atoms with E-state index in [1.54, 1.807) is 12.4 Å². The van der Waals surface area contributed by atoms with Crippen molar-refractivity contribution in [2.75, 3.05) is 37.8 Å². The molecule has 0 N–H and O–H groups in total. The average Bonchev–Trinajstić information content (AvgIpc) is 2.57. The summed E-state index contributed by atoms with van der Waals surface area (Å²) in [6.45, 7) is 7.48. The van der Waals surface area contributed by atoms with E-state index in [0.717, 1.165) is 35.9 Å². The molecule has 0 atom stereocenters. The zero-order chi connectivity index (χ0) is 15.4. The Kier molecular flexibility index (Phi) is 4.48. The van der Waals surface area contributed by atoms with E-state index in [-0.39, 0.29) is 0 Å². The molecule has 0 spiro atoms. The zero-order valence-electron chi connectivity index (χ0n) is 13.0. The molecule has 0 radical (unpaired) electrons. The van der Waals surface area contributed by atoms with Crippen LogP contribution in [0.5, 0.6) is 5.88 Å². The van der Waals surface area contributed by atoms with Crippen molar-refractivity contribution >= 4 is 5.82 Å². The second-order valence-electron chi connectivity index (χ2n) is 5.05. The van der Waals surface area contributed by atoms with Gasteiger partial charge >= 0.3 is 0 Å². The van der Waals surface area contributed by atoms with Crippen LogP contribution in [0.25, 0.3) is 11.3 Å². The number of rotatable bonds is 4. The summed E-state index contributed by atoms with van der Waals surface area (Å²) in [6.07, 6.45) is 3.53. The van der Waals surface area contributed by atoms with Gasteiger partial charge in [0.2, 0.25) is 0 Å². The van der Waals surface area contributed by atoms with Crippen LogP contribution in [0.4, 0.5) is 5.82 Å². The molecule has 2 aromatic heterocycles. The summed E-state index contributed by atoms with van der Waals surface area (Å²) in [7, 11) is 0. The number of hydrogen-bond donors (Lipinski definition) is 0. The van der Waals surface area contributed by atoms with Crippen LogP contribution < -0.4 is 9.64 Å². The maximum absolute atomic E-state index is 5.64. The van der Waals surface area contributed by atoms with E-state index in [1.165, 1.54) is 0 Å². The Morgan fingerprint density at radius 1 is 1.27 bits per heavy atom. The summed E-state index contributed by atoms with van der Waals surface area (Å²) in [6, 6.07) is 3.92. The molecule has 3 heterocycles. The molecule has 6 heteroatoms. The highest BCUT2D eigenvalue weighted by atomic mass is 16.5. The van der Waals surface area contributed by atoms with Gasteiger partial charge in [0.15, 0.2) is 5.82 Å². The minimum atomic E-state index is 0.567. The Bertz CT molecular complexity index is 642. The fourth-order valence-electron chi connectivity index (χ4n) is 2.47. The topological polar surface area (TPSA) is 60.4 Å². The highest BCUT2D eigenvalue weighted by Crippen LogP contribution is 2.28. The van der Waals surface area contributed by atoms with Gasteiger partial charge in [-0.05, 0) is 26.0 Å². The number of hydrogen-bond acceptors (Lipinski definition) is 6. The first-order chi connectivity index (χ1) is 10.8. The van der Waals surface area contributed by atoms with Gasteiger partial charge in [-0.25, -0.2) is 9.97 Å². The van der Waals surface area contributed by atoms with Crippen LogP contribution in [0, 0.1) is 6.92 Å². The van der Waals surface area contributed by atoms with Crippen molar-refractivity contribution in [3.8, 4) is 17.1 Å². The lowest BCUT2D eigenvalue weighted by Gasteiger charge is -2.28. The summed E-state index contributed by atoms with van der Waals surface area (Å²) in [4.78, 5) is 15.7. The molecule has 0 aromatic carbocycles. The van der Waals surface area contributed by atoms with Crippen molar-refractivity contribution in [1.82, 2.24) is 15.0 Å². The van der Waals surface area contributed by atoms with E-state index in [4.69, 9.17) is 14.5 Å². The number of morpholine rings is 1. The highest BCUT2D eigenvalue weighted by molar-refractivity contribution is 5.64. The Morgan fingerprint density at radius 2 is 2.09 bits per heavy atom. The quantitative estimate of drug-likeness (QED) is 0.861. The van der Waals surface area contributed by atoms with E-state index in [0.29, 0.717) is 25.7 Å². The van der Waals surface area contributed by atoms with Crippen molar-refractivity contribution in [1.29, 1.82) is 0 Å². The van der Waals surface area contributed by atoms with E-state index in [9.17, 15) is 0 Å². The van der Waals surface area contributed by atoms with Crippen molar-refractivity contribution < 1.29 is 9.47 Å². The summed E-state index contributed by atoms with van der Waals surface area (Å²) in [5.41, 5.74) is 2.75.